The van der Waals surface area contributed by atoms with E-state index >= 15 is 0 Å². The number of amides is 4. The van der Waals surface area contributed by atoms with Crippen LogP contribution < -0.4 is 10.6 Å². The van der Waals surface area contributed by atoms with Gasteiger partial charge in [0, 0.05) is 19.5 Å². The molecule has 0 unspecified atom stereocenters. The third kappa shape index (κ3) is 5.35. The molecular weight excluding hydrogens is 370 g/mol. The number of urea groups is 1. The van der Waals surface area contributed by atoms with Gasteiger partial charge in [-0.25, -0.2) is 4.79 Å². The fraction of sp³-hybridized carbons (Fsp3) is 0.591. The zero-order valence-electron chi connectivity index (χ0n) is 17.3. The van der Waals surface area contributed by atoms with Gasteiger partial charge in [-0.2, -0.15) is 0 Å². The van der Waals surface area contributed by atoms with E-state index in [2.05, 4.69) is 10.6 Å². The van der Waals surface area contributed by atoms with Crippen LogP contribution in [0.1, 0.15) is 63.5 Å². The van der Waals surface area contributed by atoms with Crippen molar-refractivity contribution in [1.82, 2.24) is 15.5 Å². The number of nitrogens with one attached hydrogen (secondary N) is 2. The minimum atomic E-state index is -0.675. The van der Waals surface area contributed by atoms with Crippen molar-refractivity contribution in [2.45, 2.75) is 77.2 Å². The van der Waals surface area contributed by atoms with E-state index in [1.807, 2.05) is 38.1 Å². The summed E-state index contributed by atoms with van der Waals surface area (Å²) >= 11 is 0. The van der Waals surface area contributed by atoms with Gasteiger partial charge in [0.05, 0.1) is 12.7 Å². The highest BCUT2D eigenvalue weighted by atomic mass is 16.5. The second-order valence-electron chi connectivity index (χ2n) is 8.23. The number of rotatable bonds is 9. The van der Waals surface area contributed by atoms with Gasteiger partial charge >= 0.3 is 6.03 Å². The van der Waals surface area contributed by atoms with Crippen LogP contribution in [-0.2, 0) is 27.5 Å². The van der Waals surface area contributed by atoms with Crippen molar-refractivity contribution in [2.24, 2.45) is 0 Å². The van der Waals surface area contributed by atoms with E-state index in [9.17, 15) is 14.4 Å². The van der Waals surface area contributed by atoms with Crippen LogP contribution in [0.2, 0.25) is 0 Å². The van der Waals surface area contributed by atoms with E-state index in [0.717, 1.165) is 36.8 Å². The molecule has 0 atom stereocenters. The van der Waals surface area contributed by atoms with Gasteiger partial charge in [0.25, 0.3) is 5.91 Å². The Morgan fingerprint density at radius 1 is 1.17 bits per heavy atom. The predicted octanol–water partition coefficient (Wildman–Crippen LogP) is 2.87. The summed E-state index contributed by atoms with van der Waals surface area (Å²) in [6.45, 7) is 5.32. The van der Waals surface area contributed by atoms with Crippen LogP contribution in [0.25, 0.3) is 0 Å². The van der Waals surface area contributed by atoms with Crippen molar-refractivity contribution < 1.29 is 19.1 Å². The molecule has 1 heterocycles. The standard InChI is InChI=1S/C22H31N3O4/c1-16(2)29-15-18-9-7-17(8-10-18)14-23-19(26)6-5-13-25-20(27)22(24-21(25)28)11-3-4-12-22/h7-10,16H,3-6,11-15H2,1-2H3,(H,23,26)(H,24,28). The molecule has 1 aliphatic carbocycles. The number of carbonyl (C=O) groups excluding carboxylic acids is 3. The Bertz CT molecular complexity index is 739. The van der Waals surface area contributed by atoms with Crippen LogP contribution in [0.15, 0.2) is 24.3 Å². The number of hydrogen-bond acceptors (Lipinski definition) is 4. The molecule has 29 heavy (non-hydrogen) atoms. The minimum Gasteiger partial charge on any atom is -0.374 e. The highest BCUT2D eigenvalue weighted by Crippen LogP contribution is 2.35. The first-order valence-corrected chi connectivity index (χ1v) is 10.5. The van der Waals surface area contributed by atoms with Crippen LogP contribution in [0.4, 0.5) is 4.79 Å². The first-order valence-electron chi connectivity index (χ1n) is 10.5. The summed E-state index contributed by atoms with van der Waals surface area (Å²) in [5, 5.41) is 5.75. The molecule has 3 rings (SSSR count). The Hall–Kier alpha value is -2.41. The second kappa shape index (κ2) is 9.39. The van der Waals surface area contributed by atoms with Crippen molar-refractivity contribution in [1.29, 1.82) is 0 Å². The zero-order valence-corrected chi connectivity index (χ0v) is 17.3. The first-order chi connectivity index (χ1) is 13.9. The summed E-state index contributed by atoms with van der Waals surface area (Å²) in [4.78, 5) is 38.1. The number of benzene rings is 1. The highest BCUT2D eigenvalue weighted by Gasteiger charge is 2.51. The maximum atomic E-state index is 12.6. The Labute approximate surface area is 172 Å². The van der Waals surface area contributed by atoms with Gasteiger partial charge in [0.2, 0.25) is 5.91 Å². The monoisotopic (exact) mass is 401 g/mol. The first kappa shape index (κ1) is 21.3. The van der Waals surface area contributed by atoms with Crippen molar-refractivity contribution in [3.05, 3.63) is 35.4 Å². The molecule has 158 valence electrons. The Kier molecular flexibility index (Phi) is 6.90. The molecule has 4 amide bonds. The zero-order chi connectivity index (χ0) is 20.9. The molecule has 0 aromatic heterocycles. The lowest BCUT2D eigenvalue weighted by atomic mass is 9.98. The normalized spacial score (nSPS) is 18.0. The van der Waals surface area contributed by atoms with E-state index < -0.39 is 5.54 Å². The average Bonchev–Trinajstić information content (AvgIpc) is 3.26. The summed E-state index contributed by atoms with van der Waals surface area (Å²) in [6.07, 6.45) is 4.31. The molecule has 1 spiro atoms. The molecule has 2 aliphatic rings. The van der Waals surface area contributed by atoms with E-state index in [4.69, 9.17) is 4.74 Å². The van der Waals surface area contributed by atoms with Crippen LogP contribution >= 0.6 is 0 Å². The molecule has 0 radical (unpaired) electrons. The summed E-state index contributed by atoms with van der Waals surface area (Å²) in [5.74, 6) is -0.207. The van der Waals surface area contributed by atoms with Gasteiger partial charge < -0.3 is 15.4 Å². The lowest BCUT2D eigenvalue weighted by Crippen LogP contribution is -2.44. The highest BCUT2D eigenvalue weighted by molar-refractivity contribution is 6.07. The van der Waals surface area contributed by atoms with Crippen molar-refractivity contribution in [3.63, 3.8) is 0 Å². The molecule has 0 bridgehead atoms. The van der Waals surface area contributed by atoms with Crippen molar-refractivity contribution in [2.75, 3.05) is 6.54 Å². The van der Waals surface area contributed by atoms with E-state index in [1.54, 1.807) is 0 Å². The molecular formula is C22H31N3O4. The van der Waals surface area contributed by atoms with Crippen molar-refractivity contribution in [3.8, 4) is 0 Å². The molecule has 7 heteroatoms. The van der Waals surface area contributed by atoms with Crippen LogP contribution in [-0.4, -0.2) is 40.9 Å². The van der Waals surface area contributed by atoms with Crippen molar-refractivity contribution >= 4 is 17.8 Å². The quantitative estimate of drug-likeness (QED) is 0.623. The minimum absolute atomic E-state index is 0.0835. The number of imide groups is 1. The van der Waals surface area contributed by atoms with Gasteiger partial charge in [-0.1, -0.05) is 37.1 Å². The summed E-state index contributed by atoms with van der Waals surface area (Å²) < 4.78 is 5.57. The van der Waals surface area contributed by atoms with Gasteiger partial charge in [0.1, 0.15) is 5.54 Å². The molecule has 2 fully saturated rings. The van der Waals surface area contributed by atoms with Gasteiger partial charge in [-0.3, -0.25) is 14.5 Å². The molecule has 2 N–H and O–H groups in total. The second-order valence-corrected chi connectivity index (χ2v) is 8.23. The Balaban J connectivity index is 1.37. The fourth-order valence-electron chi connectivity index (χ4n) is 3.90. The maximum Gasteiger partial charge on any atom is 0.325 e. The van der Waals surface area contributed by atoms with E-state index in [-0.39, 0.29) is 36.9 Å². The molecule has 7 nitrogen and oxygen atoms in total. The molecule has 1 aliphatic heterocycles. The number of nitrogens with zero attached hydrogens (tertiary/aromatic N) is 1. The van der Waals surface area contributed by atoms with Crippen LogP contribution in [0.5, 0.6) is 0 Å². The summed E-state index contributed by atoms with van der Waals surface area (Å²) in [5.41, 5.74) is 1.44. The number of carbonyl (C=O) groups is 3. The average molecular weight is 402 g/mol. The molecule has 1 aromatic carbocycles. The predicted molar refractivity (Wildman–Crippen MR) is 109 cm³/mol. The number of ether oxygens (including phenoxy) is 1. The molecule has 1 aromatic rings. The Morgan fingerprint density at radius 3 is 2.48 bits per heavy atom. The van der Waals surface area contributed by atoms with Crippen LogP contribution in [0.3, 0.4) is 0 Å². The molecule has 1 saturated heterocycles. The summed E-state index contributed by atoms with van der Waals surface area (Å²) in [6, 6.07) is 7.64. The Morgan fingerprint density at radius 2 is 1.83 bits per heavy atom. The smallest absolute Gasteiger partial charge is 0.325 e. The summed E-state index contributed by atoms with van der Waals surface area (Å²) in [7, 11) is 0. The lowest BCUT2D eigenvalue weighted by molar-refractivity contribution is -0.131. The largest absolute Gasteiger partial charge is 0.374 e. The third-order valence-corrected chi connectivity index (χ3v) is 5.58. The number of hydrogen-bond donors (Lipinski definition) is 2. The topological polar surface area (TPSA) is 87.7 Å². The SMILES string of the molecule is CC(C)OCc1ccc(CNC(=O)CCCN2C(=O)NC3(CCCC3)C2=O)cc1. The third-order valence-electron chi connectivity index (χ3n) is 5.58. The fourth-order valence-corrected chi connectivity index (χ4v) is 3.90. The van der Waals surface area contributed by atoms with Gasteiger partial charge in [0.15, 0.2) is 0 Å². The van der Waals surface area contributed by atoms with Gasteiger partial charge in [-0.05, 0) is 44.2 Å². The maximum absolute atomic E-state index is 12.6. The van der Waals surface area contributed by atoms with Gasteiger partial charge in [-0.15, -0.1) is 0 Å². The van der Waals surface area contributed by atoms with E-state index in [1.165, 1.54) is 4.90 Å². The lowest BCUT2D eigenvalue weighted by Gasteiger charge is -2.19. The molecule has 1 saturated carbocycles. The van der Waals surface area contributed by atoms with Crippen LogP contribution in [0, 0.1) is 0 Å². The van der Waals surface area contributed by atoms with E-state index in [0.29, 0.717) is 19.6 Å².